The zero-order valence-electron chi connectivity index (χ0n) is 20.2. The minimum Gasteiger partial charge on any atom is -0.496 e. The van der Waals surface area contributed by atoms with Crippen molar-refractivity contribution in [3.63, 3.8) is 0 Å². The number of rotatable bonds is 7. The fourth-order valence-electron chi connectivity index (χ4n) is 5.16. The number of alkyl halides is 4. The number of pyridine rings is 1. The Balaban J connectivity index is 1.68. The van der Waals surface area contributed by atoms with Crippen LogP contribution in [0.2, 0.25) is 0 Å². The number of methoxy groups -OCH3 is 1. The van der Waals surface area contributed by atoms with Gasteiger partial charge in [-0.15, -0.1) is 0 Å². The molecular weight excluding hydrogens is 480 g/mol. The zero-order valence-corrected chi connectivity index (χ0v) is 20.2. The first-order valence-electron chi connectivity index (χ1n) is 11.8. The van der Waals surface area contributed by atoms with Crippen LogP contribution in [-0.2, 0) is 11.3 Å². The van der Waals surface area contributed by atoms with E-state index in [1.807, 2.05) is 30.5 Å². The molecule has 0 saturated heterocycles. The minimum absolute atomic E-state index is 0.0934. The molecule has 3 heterocycles. The van der Waals surface area contributed by atoms with Gasteiger partial charge in [0.25, 0.3) is 0 Å². The summed E-state index contributed by atoms with van der Waals surface area (Å²) >= 11 is 0. The van der Waals surface area contributed by atoms with Crippen molar-refractivity contribution < 1.29 is 31.6 Å². The van der Waals surface area contributed by atoms with Crippen LogP contribution in [0, 0.1) is 13.8 Å². The van der Waals surface area contributed by atoms with Gasteiger partial charge in [0.1, 0.15) is 22.9 Å². The van der Waals surface area contributed by atoms with Crippen LogP contribution in [-0.4, -0.2) is 45.9 Å². The molecule has 5 rings (SSSR count). The topological polar surface area (TPSA) is 75.2 Å². The van der Waals surface area contributed by atoms with Crippen molar-refractivity contribution in [2.45, 2.75) is 64.5 Å². The van der Waals surface area contributed by atoms with Crippen molar-refractivity contribution in [2.24, 2.45) is 0 Å². The summed E-state index contributed by atoms with van der Waals surface area (Å²) in [5, 5.41) is 4.74. The number of hydrogen-bond donors (Lipinski definition) is 0. The summed E-state index contributed by atoms with van der Waals surface area (Å²) in [6, 6.07) is 3.70. The summed E-state index contributed by atoms with van der Waals surface area (Å²) in [6.45, 7) is 0.582. The molecule has 1 aliphatic rings. The van der Waals surface area contributed by atoms with Crippen molar-refractivity contribution in [2.75, 3.05) is 13.7 Å². The summed E-state index contributed by atoms with van der Waals surface area (Å²) in [5.74, 6) is -1.13. The molecule has 0 bridgehead atoms. The van der Waals surface area contributed by atoms with Gasteiger partial charge in [0.05, 0.1) is 42.2 Å². The van der Waals surface area contributed by atoms with Crippen molar-refractivity contribution in [3.05, 3.63) is 35.6 Å². The fourth-order valence-corrected chi connectivity index (χ4v) is 5.16. The number of ether oxygens (including phenoxy) is 2. The summed E-state index contributed by atoms with van der Waals surface area (Å²) in [5.41, 5.74) is 4.13. The summed E-state index contributed by atoms with van der Waals surface area (Å²) in [6.07, 6.45) is 1.67. The number of benzene rings is 1. The molecule has 0 spiro atoms. The maximum atomic E-state index is 13.8. The molecule has 7 nitrogen and oxygen atoms in total. The van der Waals surface area contributed by atoms with Gasteiger partial charge >= 0.3 is 6.61 Å². The number of aryl methyl sites for hydroxylation is 2. The lowest BCUT2D eigenvalue weighted by atomic mass is 9.86. The molecule has 0 radical (unpaired) electrons. The van der Waals surface area contributed by atoms with E-state index in [0.29, 0.717) is 45.0 Å². The summed E-state index contributed by atoms with van der Waals surface area (Å²) in [4.78, 5) is 9.33. The molecular formula is C25H26F4N4O3. The van der Waals surface area contributed by atoms with E-state index in [1.54, 1.807) is 13.3 Å². The van der Waals surface area contributed by atoms with Gasteiger partial charge in [0.15, 0.2) is 0 Å². The highest BCUT2D eigenvalue weighted by Gasteiger charge is 2.37. The van der Waals surface area contributed by atoms with Crippen LogP contribution >= 0.6 is 0 Å². The van der Waals surface area contributed by atoms with Gasteiger partial charge in [-0.3, -0.25) is 4.98 Å². The van der Waals surface area contributed by atoms with Gasteiger partial charge in [0.2, 0.25) is 5.92 Å². The van der Waals surface area contributed by atoms with Crippen LogP contribution in [0.25, 0.3) is 33.1 Å². The van der Waals surface area contributed by atoms with Crippen LogP contribution in [0.15, 0.2) is 22.9 Å². The lowest BCUT2D eigenvalue weighted by Gasteiger charge is -2.28. The lowest BCUT2D eigenvalue weighted by Crippen LogP contribution is -2.25. The predicted octanol–water partition coefficient (Wildman–Crippen LogP) is 6.40. The second-order valence-corrected chi connectivity index (χ2v) is 9.14. The molecule has 1 fully saturated rings. The molecule has 1 saturated carbocycles. The molecule has 0 aliphatic heterocycles. The van der Waals surface area contributed by atoms with Crippen molar-refractivity contribution in [3.8, 4) is 16.9 Å². The molecule has 0 amide bonds. The maximum absolute atomic E-state index is 13.8. The molecule has 0 N–H and O–H groups in total. The van der Waals surface area contributed by atoms with E-state index < -0.39 is 12.5 Å². The Bertz CT molecular complexity index is 1390. The van der Waals surface area contributed by atoms with Crippen molar-refractivity contribution in [1.82, 2.24) is 19.7 Å². The van der Waals surface area contributed by atoms with Gasteiger partial charge in [-0.25, -0.2) is 13.8 Å². The van der Waals surface area contributed by atoms with E-state index in [2.05, 4.69) is 14.9 Å². The first-order chi connectivity index (χ1) is 17.2. The van der Waals surface area contributed by atoms with Gasteiger partial charge in [0, 0.05) is 36.3 Å². The third-order valence-corrected chi connectivity index (χ3v) is 6.87. The van der Waals surface area contributed by atoms with E-state index in [4.69, 9.17) is 14.2 Å². The first-order valence-corrected chi connectivity index (χ1v) is 11.8. The molecule has 192 valence electrons. The van der Waals surface area contributed by atoms with E-state index in [9.17, 15) is 17.6 Å². The number of nitrogens with zero attached hydrogens (tertiary/aromatic N) is 4. The smallest absolute Gasteiger partial charge is 0.345 e. The predicted molar refractivity (Wildman–Crippen MR) is 125 cm³/mol. The Morgan fingerprint density at radius 2 is 1.92 bits per heavy atom. The first kappa shape index (κ1) is 24.5. The number of aromatic nitrogens is 4. The molecule has 1 aromatic carbocycles. The molecule has 4 aromatic rings. The minimum atomic E-state index is -2.91. The number of hydrogen-bond acceptors (Lipinski definition) is 6. The SMILES string of the molecule is COc1cc2c(cc1-c1c(C)noc1C)ncc1nc(C3CCC(F)(F)CC3)n(CCOC(F)F)c12. The highest BCUT2D eigenvalue weighted by molar-refractivity contribution is 6.05. The zero-order chi connectivity index (χ0) is 25.6. The van der Waals surface area contributed by atoms with Crippen LogP contribution < -0.4 is 4.74 Å². The lowest BCUT2D eigenvalue weighted by molar-refractivity contribution is -0.130. The Kier molecular flexibility index (Phi) is 6.36. The van der Waals surface area contributed by atoms with Gasteiger partial charge in [-0.1, -0.05) is 5.16 Å². The van der Waals surface area contributed by atoms with Crippen molar-refractivity contribution >= 4 is 21.9 Å². The highest BCUT2D eigenvalue weighted by atomic mass is 19.3. The second kappa shape index (κ2) is 9.34. The van der Waals surface area contributed by atoms with Crippen LogP contribution in [0.1, 0.15) is 48.9 Å². The average molecular weight is 507 g/mol. The monoisotopic (exact) mass is 506 g/mol. The van der Waals surface area contributed by atoms with Crippen LogP contribution in [0.4, 0.5) is 17.6 Å². The number of imidazole rings is 1. The molecule has 1 aliphatic carbocycles. The van der Waals surface area contributed by atoms with Crippen molar-refractivity contribution in [1.29, 1.82) is 0 Å². The van der Waals surface area contributed by atoms with Gasteiger partial charge < -0.3 is 18.6 Å². The van der Waals surface area contributed by atoms with Crippen LogP contribution in [0.5, 0.6) is 5.75 Å². The molecule has 11 heteroatoms. The van der Waals surface area contributed by atoms with Crippen LogP contribution in [0.3, 0.4) is 0 Å². The third-order valence-electron chi connectivity index (χ3n) is 6.87. The number of fused-ring (bicyclic) bond motifs is 3. The quantitative estimate of drug-likeness (QED) is 0.270. The fraction of sp³-hybridized carbons (Fsp3) is 0.480. The average Bonchev–Trinajstić information content (AvgIpc) is 3.37. The van der Waals surface area contributed by atoms with Gasteiger partial charge in [-0.05, 0) is 38.8 Å². The molecule has 36 heavy (non-hydrogen) atoms. The third kappa shape index (κ3) is 4.40. The largest absolute Gasteiger partial charge is 0.496 e. The normalized spacial score (nSPS) is 16.4. The second-order valence-electron chi connectivity index (χ2n) is 9.14. The Morgan fingerprint density at radius 3 is 2.56 bits per heavy atom. The summed E-state index contributed by atoms with van der Waals surface area (Å²) in [7, 11) is 1.55. The molecule has 3 aromatic heterocycles. The standard InChI is InChI=1S/C25H26F4N4O3/c1-13-21(14(2)36-32-13)17-10-18-16(11-20(17)34-3)22-19(12-30-18)31-23(33(22)8-9-35-24(26)27)15-4-6-25(28,29)7-5-15/h10-12,15,24H,4-9H2,1-3H3. The van der Waals surface area contributed by atoms with E-state index in [-0.39, 0.29) is 44.8 Å². The Hall–Kier alpha value is -3.21. The molecule has 0 atom stereocenters. The Labute approximate surface area is 204 Å². The summed E-state index contributed by atoms with van der Waals surface area (Å²) < 4.78 is 70.5. The highest BCUT2D eigenvalue weighted by Crippen LogP contribution is 2.43. The van der Waals surface area contributed by atoms with E-state index in [1.165, 1.54) is 0 Å². The van der Waals surface area contributed by atoms with E-state index >= 15 is 0 Å². The Morgan fingerprint density at radius 1 is 1.17 bits per heavy atom. The number of halogens is 4. The molecule has 0 unspecified atom stereocenters. The van der Waals surface area contributed by atoms with E-state index in [0.717, 1.165) is 11.1 Å². The maximum Gasteiger partial charge on any atom is 0.345 e. The van der Waals surface area contributed by atoms with Gasteiger partial charge in [-0.2, -0.15) is 8.78 Å².